The molecule has 0 atom stereocenters. The van der Waals surface area contributed by atoms with E-state index in [1.165, 1.54) is 0 Å². The van der Waals surface area contributed by atoms with Crippen LogP contribution in [0.3, 0.4) is 0 Å². The van der Waals surface area contributed by atoms with Gasteiger partial charge in [0.2, 0.25) is 0 Å². The maximum atomic E-state index is 10.3. The van der Waals surface area contributed by atoms with Crippen molar-refractivity contribution in [3.8, 4) is 17.1 Å². The Hall–Kier alpha value is -2.70. The highest BCUT2D eigenvalue weighted by molar-refractivity contribution is 6.01. The second kappa shape index (κ2) is 10.4. The molecule has 2 aromatic carbocycles. The van der Waals surface area contributed by atoms with Crippen LogP contribution in [0.2, 0.25) is 0 Å². The number of aromatic hydroxyl groups is 1. The van der Waals surface area contributed by atoms with E-state index in [-0.39, 0.29) is 42.6 Å². The Morgan fingerprint density at radius 2 is 1.37 bits per heavy atom. The van der Waals surface area contributed by atoms with Crippen molar-refractivity contribution in [1.82, 2.24) is 0 Å². The third-order valence-corrected chi connectivity index (χ3v) is 4.17. The Kier molecular flexibility index (Phi) is 8.75. The summed E-state index contributed by atoms with van der Waals surface area (Å²) in [6.45, 7) is 7.86. The number of rotatable bonds is 5. The highest BCUT2D eigenvalue weighted by Gasteiger charge is 2.14. The van der Waals surface area contributed by atoms with Crippen LogP contribution in [0.5, 0.6) is 5.75 Å². The predicted molar refractivity (Wildman–Crippen MR) is 130 cm³/mol. The molecule has 6 nitrogen and oxygen atoms in total. The summed E-state index contributed by atoms with van der Waals surface area (Å²) in [4.78, 5) is 8.74. The number of fused-ring (bicyclic) bond motifs is 1. The van der Waals surface area contributed by atoms with Crippen molar-refractivity contribution in [2.75, 3.05) is 0 Å². The molecule has 1 aromatic heterocycles. The number of furan rings is 1. The Labute approximate surface area is 188 Å². The van der Waals surface area contributed by atoms with Crippen LogP contribution in [-0.2, 0) is 0 Å². The van der Waals surface area contributed by atoms with Crippen molar-refractivity contribution < 1.29 is 9.52 Å². The molecule has 5 N–H and O–H groups in total. The quantitative estimate of drug-likeness (QED) is 0.379. The van der Waals surface area contributed by atoms with Gasteiger partial charge < -0.3 is 21.0 Å². The smallest absolute Gasteiger partial charge is 0.139 e. The molecule has 0 saturated carbocycles. The number of phenolic OH excluding ortho intramolecular Hbond substituents is 1. The van der Waals surface area contributed by atoms with Gasteiger partial charge in [-0.05, 0) is 58.0 Å². The van der Waals surface area contributed by atoms with Gasteiger partial charge in [-0.3, -0.25) is 9.98 Å². The molecule has 0 bridgehead atoms. The fraction of sp³-hybridized carbons (Fsp3) is 0.273. The standard InChI is InChI=1S/C22H26N4O2.2ClH/c1-12(2)25-21(23)15-7-8-18(27)17(9-15)20-10-14-5-6-16(11-19(14)28-20)22(24)26-13(3)4;;/h5-13,27H,1-4H3,(H2,23,25)(H2,24,26);2*1H. The van der Waals surface area contributed by atoms with Gasteiger partial charge in [0.05, 0.1) is 5.56 Å². The minimum atomic E-state index is 0. The van der Waals surface area contributed by atoms with Crippen molar-refractivity contribution in [2.45, 2.75) is 39.8 Å². The van der Waals surface area contributed by atoms with E-state index in [2.05, 4.69) is 9.98 Å². The van der Waals surface area contributed by atoms with E-state index in [0.29, 0.717) is 28.6 Å². The van der Waals surface area contributed by atoms with Crippen LogP contribution in [0.15, 0.2) is 56.9 Å². The molecule has 1 heterocycles. The second-order valence-electron chi connectivity index (χ2n) is 7.31. The number of halogens is 2. The lowest BCUT2D eigenvalue weighted by molar-refractivity contribution is 0.474. The first-order valence-corrected chi connectivity index (χ1v) is 9.29. The Morgan fingerprint density at radius 1 is 0.833 bits per heavy atom. The first kappa shape index (κ1) is 25.3. The largest absolute Gasteiger partial charge is 0.507 e. The number of amidine groups is 2. The number of aliphatic imine (C=N–C) groups is 2. The van der Waals surface area contributed by atoms with Gasteiger partial charge in [-0.25, -0.2) is 0 Å². The molecule has 0 spiro atoms. The summed E-state index contributed by atoms with van der Waals surface area (Å²) in [5.41, 5.74) is 14.9. The fourth-order valence-electron chi connectivity index (χ4n) is 2.92. The molecule has 0 aliphatic heterocycles. The van der Waals surface area contributed by atoms with Crippen molar-refractivity contribution in [1.29, 1.82) is 0 Å². The van der Waals surface area contributed by atoms with Crippen LogP contribution < -0.4 is 11.5 Å². The van der Waals surface area contributed by atoms with Crippen molar-refractivity contribution >= 4 is 47.5 Å². The van der Waals surface area contributed by atoms with Gasteiger partial charge in [0.15, 0.2) is 0 Å². The number of benzene rings is 2. The Balaban J connectivity index is 0.00000225. The van der Waals surface area contributed by atoms with Gasteiger partial charge in [-0.15, -0.1) is 24.8 Å². The third-order valence-electron chi connectivity index (χ3n) is 4.17. The molecule has 0 aliphatic carbocycles. The third kappa shape index (κ3) is 5.68. The molecule has 0 unspecified atom stereocenters. The maximum Gasteiger partial charge on any atom is 0.139 e. The van der Waals surface area contributed by atoms with Gasteiger partial charge in [-0.2, -0.15) is 0 Å². The molecule has 0 fully saturated rings. The normalized spacial score (nSPS) is 12.2. The summed E-state index contributed by atoms with van der Waals surface area (Å²) in [6, 6.07) is 12.9. The lowest BCUT2D eigenvalue weighted by Gasteiger charge is -2.07. The van der Waals surface area contributed by atoms with E-state index in [4.69, 9.17) is 15.9 Å². The zero-order chi connectivity index (χ0) is 20.4. The highest BCUT2D eigenvalue weighted by atomic mass is 35.5. The summed E-state index contributed by atoms with van der Waals surface area (Å²) < 4.78 is 6.00. The van der Waals surface area contributed by atoms with Crippen LogP contribution in [0, 0.1) is 0 Å². The van der Waals surface area contributed by atoms with Gasteiger partial charge >= 0.3 is 0 Å². The van der Waals surface area contributed by atoms with Crippen molar-refractivity contribution in [3.05, 3.63) is 53.6 Å². The number of nitrogens with zero attached hydrogens (tertiary/aromatic N) is 2. The van der Waals surface area contributed by atoms with Crippen molar-refractivity contribution in [3.63, 3.8) is 0 Å². The van der Waals surface area contributed by atoms with Crippen LogP contribution in [0.25, 0.3) is 22.3 Å². The average Bonchev–Trinajstić information content (AvgIpc) is 3.03. The van der Waals surface area contributed by atoms with Gasteiger partial charge in [0.25, 0.3) is 0 Å². The van der Waals surface area contributed by atoms with Crippen LogP contribution in [0.1, 0.15) is 38.8 Å². The van der Waals surface area contributed by atoms with E-state index in [1.54, 1.807) is 18.2 Å². The van der Waals surface area contributed by atoms with Gasteiger partial charge in [-0.1, -0.05) is 12.1 Å². The SMILES string of the molecule is CC(C)N=C(N)c1ccc(O)c(-c2cc3ccc(C(N)=NC(C)C)cc3o2)c1.Cl.Cl. The lowest BCUT2D eigenvalue weighted by atomic mass is 10.1. The van der Waals surface area contributed by atoms with Gasteiger partial charge in [0, 0.05) is 28.6 Å². The highest BCUT2D eigenvalue weighted by Crippen LogP contribution is 2.34. The van der Waals surface area contributed by atoms with Crippen LogP contribution in [-0.4, -0.2) is 28.9 Å². The number of hydrogen-bond donors (Lipinski definition) is 3. The minimum Gasteiger partial charge on any atom is -0.507 e. The molecule has 162 valence electrons. The summed E-state index contributed by atoms with van der Waals surface area (Å²) in [5.74, 6) is 1.55. The predicted octanol–water partition coefficient (Wildman–Crippen LogP) is 4.88. The monoisotopic (exact) mass is 450 g/mol. The first-order chi connectivity index (χ1) is 13.2. The van der Waals surface area contributed by atoms with Crippen molar-refractivity contribution in [2.24, 2.45) is 21.5 Å². The molecule has 8 heteroatoms. The second-order valence-corrected chi connectivity index (χ2v) is 7.31. The van der Waals surface area contributed by atoms with Gasteiger partial charge in [0.1, 0.15) is 28.8 Å². The summed E-state index contributed by atoms with van der Waals surface area (Å²) >= 11 is 0. The average molecular weight is 451 g/mol. The number of nitrogens with two attached hydrogens (primary N) is 2. The summed E-state index contributed by atoms with van der Waals surface area (Å²) in [6.07, 6.45) is 0. The topological polar surface area (TPSA) is 110 Å². The minimum absolute atomic E-state index is 0. The van der Waals surface area contributed by atoms with Crippen LogP contribution >= 0.6 is 24.8 Å². The van der Waals surface area contributed by atoms with E-state index in [9.17, 15) is 5.11 Å². The van der Waals surface area contributed by atoms with E-state index in [0.717, 1.165) is 16.5 Å². The molecule has 3 rings (SSSR count). The maximum absolute atomic E-state index is 10.3. The zero-order valence-electron chi connectivity index (χ0n) is 17.4. The zero-order valence-corrected chi connectivity index (χ0v) is 19.1. The van der Waals surface area contributed by atoms with Crippen LogP contribution in [0.4, 0.5) is 0 Å². The summed E-state index contributed by atoms with van der Waals surface area (Å²) in [7, 11) is 0. The first-order valence-electron chi connectivity index (χ1n) is 9.29. The number of hydrogen-bond acceptors (Lipinski definition) is 4. The molecule has 0 saturated heterocycles. The lowest BCUT2D eigenvalue weighted by Crippen LogP contribution is -2.15. The molecule has 30 heavy (non-hydrogen) atoms. The molecule has 0 radical (unpaired) electrons. The molecule has 3 aromatic rings. The molecule has 0 aliphatic rings. The fourth-order valence-corrected chi connectivity index (χ4v) is 2.92. The Bertz CT molecular complexity index is 1070. The van der Waals surface area contributed by atoms with E-state index < -0.39 is 0 Å². The Morgan fingerprint density at radius 3 is 1.93 bits per heavy atom. The molecular formula is C22H28Cl2N4O2. The van der Waals surface area contributed by atoms with E-state index in [1.807, 2.05) is 52.0 Å². The number of phenols is 1. The summed E-state index contributed by atoms with van der Waals surface area (Å²) in [5, 5.41) is 11.2. The molecule has 0 amide bonds. The van der Waals surface area contributed by atoms with E-state index >= 15 is 0 Å². The molecular weight excluding hydrogens is 423 g/mol.